The SMILES string of the molecule is COc1ccc(C23CCC(c4ccccc42)C2CNCC23C(=O)O)cc1O. The molecule has 6 rings (SSSR count). The van der Waals surface area contributed by atoms with E-state index in [1.807, 2.05) is 18.2 Å². The Labute approximate surface area is 158 Å². The van der Waals surface area contributed by atoms with E-state index in [9.17, 15) is 15.0 Å². The molecule has 2 aromatic rings. The number of aliphatic carboxylic acids is 1. The van der Waals surface area contributed by atoms with Gasteiger partial charge in [0.05, 0.1) is 12.5 Å². The first-order valence-electron chi connectivity index (χ1n) is 9.47. The maximum atomic E-state index is 12.8. The van der Waals surface area contributed by atoms with E-state index < -0.39 is 16.8 Å². The summed E-state index contributed by atoms with van der Waals surface area (Å²) >= 11 is 0. The number of rotatable bonds is 3. The molecule has 27 heavy (non-hydrogen) atoms. The Bertz CT molecular complexity index is 942. The second-order valence-corrected chi connectivity index (χ2v) is 8.04. The first-order chi connectivity index (χ1) is 13.1. The second kappa shape index (κ2) is 5.49. The molecule has 1 aliphatic heterocycles. The normalized spacial score (nSPS) is 33.4. The third-order valence-electron chi connectivity index (χ3n) is 7.35. The van der Waals surface area contributed by atoms with Gasteiger partial charge >= 0.3 is 5.97 Å². The zero-order chi connectivity index (χ0) is 18.8. The largest absolute Gasteiger partial charge is 0.504 e. The van der Waals surface area contributed by atoms with Crippen LogP contribution in [0.25, 0.3) is 0 Å². The number of methoxy groups -OCH3 is 1. The van der Waals surface area contributed by atoms with E-state index in [0.29, 0.717) is 12.3 Å². The molecule has 0 radical (unpaired) electrons. The highest BCUT2D eigenvalue weighted by Gasteiger charge is 2.71. The number of ether oxygens (including phenoxy) is 1. The predicted molar refractivity (Wildman–Crippen MR) is 100 cm³/mol. The molecule has 1 saturated heterocycles. The van der Waals surface area contributed by atoms with Crippen molar-refractivity contribution in [2.24, 2.45) is 11.3 Å². The lowest BCUT2D eigenvalue weighted by Gasteiger charge is -2.60. The molecule has 0 amide bonds. The molecule has 1 heterocycles. The minimum Gasteiger partial charge on any atom is -0.504 e. The van der Waals surface area contributed by atoms with Crippen LogP contribution in [0.3, 0.4) is 0 Å². The molecule has 5 heteroatoms. The van der Waals surface area contributed by atoms with E-state index in [1.54, 1.807) is 12.1 Å². The van der Waals surface area contributed by atoms with Crippen molar-refractivity contribution in [3.8, 4) is 11.5 Å². The molecule has 2 fully saturated rings. The van der Waals surface area contributed by atoms with Crippen LogP contribution < -0.4 is 10.1 Å². The highest BCUT2D eigenvalue weighted by molar-refractivity contribution is 5.82. The molecule has 0 aromatic heterocycles. The number of phenolic OH excluding ortho intramolecular Hbond substituents is 1. The maximum Gasteiger partial charge on any atom is 0.312 e. The average Bonchev–Trinajstić information content (AvgIpc) is 3.16. The molecule has 2 aromatic carbocycles. The summed E-state index contributed by atoms with van der Waals surface area (Å²) in [5, 5.41) is 24.4. The van der Waals surface area contributed by atoms with Gasteiger partial charge in [-0.25, -0.2) is 0 Å². The summed E-state index contributed by atoms with van der Waals surface area (Å²) in [5.74, 6) is 0.0203. The van der Waals surface area contributed by atoms with Gasteiger partial charge in [0.15, 0.2) is 11.5 Å². The van der Waals surface area contributed by atoms with Crippen LogP contribution in [0, 0.1) is 11.3 Å². The lowest BCUT2D eigenvalue weighted by molar-refractivity contribution is -0.159. The van der Waals surface area contributed by atoms with Crippen LogP contribution in [-0.4, -0.2) is 36.4 Å². The molecule has 1 saturated carbocycles. The highest BCUT2D eigenvalue weighted by Crippen LogP contribution is 2.68. The number of carboxylic acids is 1. The van der Waals surface area contributed by atoms with E-state index in [4.69, 9.17) is 4.74 Å². The van der Waals surface area contributed by atoms with Crippen molar-refractivity contribution in [2.45, 2.75) is 24.2 Å². The standard InChI is InChI=1S/C22H23NO4/c1-27-19-7-6-13(10-18(19)24)21-9-8-15(14-4-2-3-5-16(14)21)17-11-23-12-22(17,21)20(25)26/h2-7,10,15,17,23-24H,8-9,11-12H2,1H3,(H,25,26). The summed E-state index contributed by atoms with van der Waals surface area (Å²) in [6.07, 6.45) is 1.73. The molecule has 140 valence electrons. The zero-order valence-electron chi connectivity index (χ0n) is 15.2. The minimum absolute atomic E-state index is 0.0443. The Hall–Kier alpha value is -2.53. The van der Waals surface area contributed by atoms with Crippen LogP contribution in [-0.2, 0) is 10.2 Å². The Kier molecular flexibility index (Phi) is 3.38. The molecule has 0 spiro atoms. The lowest BCUT2D eigenvalue weighted by Crippen LogP contribution is -2.63. The molecular formula is C22H23NO4. The highest BCUT2D eigenvalue weighted by atomic mass is 16.5. The quantitative estimate of drug-likeness (QED) is 0.780. The zero-order valence-corrected chi connectivity index (χ0v) is 15.2. The van der Waals surface area contributed by atoms with Gasteiger partial charge in [-0.05, 0) is 60.0 Å². The fourth-order valence-corrected chi connectivity index (χ4v) is 6.37. The van der Waals surface area contributed by atoms with Crippen LogP contribution in [0.15, 0.2) is 42.5 Å². The molecule has 3 aliphatic carbocycles. The summed E-state index contributed by atoms with van der Waals surface area (Å²) in [5.41, 5.74) is 1.66. The number of phenols is 1. The monoisotopic (exact) mass is 365 g/mol. The Balaban J connectivity index is 1.86. The van der Waals surface area contributed by atoms with Crippen molar-refractivity contribution >= 4 is 5.97 Å². The molecule has 5 nitrogen and oxygen atoms in total. The summed E-state index contributed by atoms with van der Waals surface area (Å²) in [7, 11) is 1.52. The third-order valence-corrected chi connectivity index (χ3v) is 7.35. The number of aromatic hydroxyl groups is 1. The van der Waals surface area contributed by atoms with E-state index in [-0.39, 0.29) is 17.6 Å². The average molecular weight is 365 g/mol. The molecular weight excluding hydrogens is 342 g/mol. The van der Waals surface area contributed by atoms with Crippen LogP contribution in [0.4, 0.5) is 0 Å². The molecule has 2 bridgehead atoms. The fourth-order valence-electron chi connectivity index (χ4n) is 6.37. The van der Waals surface area contributed by atoms with Crippen LogP contribution >= 0.6 is 0 Å². The van der Waals surface area contributed by atoms with Crippen molar-refractivity contribution in [1.29, 1.82) is 0 Å². The third kappa shape index (κ3) is 1.80. The Morgan fingerprint density at radius 2 is 2.07 bits per heavy atom. The lowest BCUT2D eigenvalue weighted by atomic mass is 9.40. The van der Waals surface area contributed by atoms with Crippen molar-refractivity contribution in [3.63, 3.8) is 0 Å². The van der Waals surface area contributed by atoms with Crippen molar-refractivity contribution in [2.75, 3.05) is 20.2 Å². The number of hydrogen-bond acceptors (Lipinski definition) is 4. The summed E-state index contributed by atoms with van der Waals surface area (Å²) in [6, 6.07) is 13.7. The number of nitrogens with one attached hydrogen (secondary N) is 1. The van der Waals surface area contributed by atoms with E-state index in [2.05, 4.69) is 17.4 Å². The predicted octanol–water partition coefficient (Wildman–Crippen LogP) is 2.87. The van der Waals surface area contributed by atoms with Gasteiger partial charge in [0, 0.05) is 12.0 Å². The number of carboxylic acid groups (broad SMARTS) is 1. The van der Waals surface area contributed by atoms with Crippen LogP contribution in [0.2, 0.25) is 0 Å². The summed E-state index contributed by atoms with van der Waals surface area (Å²) < 4.78 is 5.21. The van der Waals surface area contributed by atoms with Gasteiger partial charge in [0.2, 0.25) is 0 Å². The van der Waals surface area contributed by atoms with Crippen molar-refractivity contribution < 1.29 is 19.7 Å². The smallest absolute Gasteiger partial charge is 0.312 e. The van der Waals surface area contributed by atoms with E-state index in [0.717, 1.165) is 30.5 Å². The van der Waals surface area contributed by atoms with Gasteiger partial charge in [0.25, 0.3) is 0 Å². The molecule has 4 atom stereocenters. The van der Waals surface area contributed by atoms with Crippen LogP contribution in [0.1, 0.15) is 35.4 Å². The fraction of sp³-hybridized carbons (Fsp3) is 0.409. The number of hydrogen-bond donors (Lipinski definition) is 3. The van der Waals surface area contributed by atoms with Gasteiger partial charge < -0.3 is 20.3 Å². The van der Waals surface area contributed by atoms with Gasteiger partial charge in [-0.15, -0.1) is 0 Å². The Morgan fingerprint density at radius 1 is 1.26 bits per heavy atom. The summed E-state index contributed by atoms with van der Waals surface area (Å²) in [6.45, 7) is 1.17. The van der Waals surface area contributed by atoms with Crippen LogP contribution in [0.5, 0.6) is 11.5 Å². The topological polar surface area (TPSA) is 78.8 Å². The van der Waals surface area contributed by atoms with Gasteiger partial charge in [-0.1, -0.05) is 30.3 Å². The Morgan fingerprint density at radius 3 is 2.81 bits per heavy atom. The molecule has 4 unspecified atom stereocenters. The van der Waals surface area contributed by atoms with E-state index in [1.165, 1.54) is 12.7 Å². The minimum atomic E-state index is -0.911. The summed E-state index contributed by atoms with van der Waals surface area (Å²) in [4.78, 5) is 12.8. The molecule has 3 N–H and O–H groups in total. The van der Waals surface area contributed by atoms with E-state index >= 15 is 0 Å². The van der Waals surface area contributed by atoms with Gasteiger partial charge in [0.1, 0.15) is 0 Å². The number of benzene rings is 2. The van der Waals surface area contributed by atoms with Crippen molar-refractivity contribution in [1.82, 2.24) is 5.32 Å². The first kappa shape index (κ1) is 16.6. The first-order valence-corrected chi connectivity index (χ1v) is 9.47. The van der Waals surface area contributed by atoms with Crippen molar-refractivity contribution in [3.05, 3.63) is 59.2 Å². The molecule has 4 aliphatic rings. The second-order valence-electron chi connectivity index (χ2n) is 8.04. The number of fused-ring (bicyclic) bond motifs is 1. The van der Waals surface area contributed by atoms with Gasteiger partial charge in [-0.2, -0.15) is 0 Å². The number of carbonyl (C=O) groups is 1. The maximum absolute atomic E-state index is 12.8. The van der Waals surface area contributed by atoms with Gasteiger partial charge in [-0.3, -0.25) is 4.79 Å².